The highest BCUT2D eigenvalue weighted by Crippen LogP contribution is 2.21. The fraction of sp³-hybridized carbons (Fsp3) is 0.200. The largest absolute Gasteiger partial charge is 0.351 e. The van der Waals surface area contributed by atoms with Crippen molar-refractivity contribution in [2.24, 2.45) is 5.92 Å². The molecule has 2 aromatic carbocycles. The van der Waals surface area contributed by atoms with Crippen LogP contribution in [0.2, 0.25) is 5.02 Å². The first-order valence-electron chi connectivity index (χ1n) is 8.40. The van der Waals surface area contributed by atoms with Crippen LogP contribution in [0, 0.1) is 5.92 Å². The van der Waals surface area contributed by atoms with Crippen molar-refractivity contribution in [3.63, 3.8) is 0 Å². The molecule has 0 saturated carbocycles. The van der Waals surface area contributed by atoms with Crippen LogP contribution in [0.3, 0.4) is 0 Å². The lowest BCUT2D eigenvalue weighted by molar-refractivity contribution is -0.116. The SMILES string of the molecule is CC(C)CC(=O)Nc1ccc(NC(=O)c2cc3cc(Cl)ccc3[nH]2)cc1. The van der Waals surface area contributed by atoms with Crippen LogP contribution in [0.5, 0.6) is 0 Å². The average molecular weight is 370 g/mol. The lowest BCUT2D eigenvalue weighted by atomic mass is 10.1. The third-order valence-electron chi connectivity index (χ3n) is 3.85. The molecule has 0 radical (unpaired) electrons. The average Bonchev–Trinajstić information content (AvgIpc) is 2.99. The summed E-state index contributed by atoms with van der Waals surface area (Å²) in [4.78, 5) is 27.3. The van der Waals surface area contributed by atoms with Crippen molar-refractivity contribution in [3.05, 3.63) is 59.2 Å². The van der Waals surface area contributed by atoms with Gasteiger partial charge in [-0.2, -0.15) is 0 Å². The topological polar surface area (TPSA) is 74.0 Å². The van der Waals surface area contributed by atoms with E-state index < -0.39 is 0 Å². The fourth-order valence-corrected chi connectivity index (χ4v) is 2.82. The second-order valence-electron chi connectivity index (χ2n) is 6.59. The maximum atomic E-state index is 12.4. The standard InChI is InChI=1S/C20H20ClN3O2/c1-12(2)9-19(25)22-15-4-6-16(7-5-15)23-20(26)18-11-13-10-14(21)3-8-17(13)24-18/h3-8,10-12,24H,9H2,1-2H3,(H,22,25)(H,23,26). The number of hydrogen-bond acceptors (Lipinski definition) is 2. The van der Waals surface area contributed by atoms with Crippen LogP contribution < -0.4 is 10.6 Å². The van der Waals surface area contributed by atoms with Crippen LogP contribution in [0.4, 0.5) is 11.4 Å². The van der Waals surface area contributed by atoms with Gasteiger partial charge in [0.25, 0.3) is 5.91 Å². The highest BCUT2D eigenvalue weighted by atomic mass is 35.5. The summed E-state index contributed by atoms with van der Waals surface area (Å²) in [7, 11) is 0. The molecule has 2 amide bonds. The van der Waals surface area contributed by atoms with E-state index in [1.807, 2.05) is 19.9 Å². The van der Waals surface area contributed by atoms with E-state index in [1.54, 1.807) is 42.5 Å². The van der Waals surface area contributed by atoms with Crippen molar-refractivity contribution in [2.45, 2.75) is 20.3 Å². The fourth-order valence-electron chi connectivity index (χ4n) is 2.64. The number of H-pyrrole nitrogens is 1. The first-order chi connectivity index (χ1) is 12.4. The van der Waals surface area contributed by atoms with E-state index in [2.05, 4.69) is 15.6 Å². The molecule has 0 aliphatic carbocycles. The Kier molecular flexibility index (Phi) is 5.28. The van der Waals surface area contributed by atoms with E-state index in [-0.39, 0.29) is 11.8 Å². The van der Waals surface area contributed by atoms with Gasteiger partial charge in [-0.3, -0.25) is 9.59 Å². The van der Waals surface area contributed by atoms with Crippen molar-refractivity contribution in [1.29, 1.82) is 0 Å². The molecule has 1 aromatic heterocycles. The number of carbonyl (C=O) groups excluding carboxylic acids is 2. The Bertz CT molecular complexity index is 945. The summed E-state index contributed by atoms with van der Waals surface area (Å²) in [5, 5.41) is 7.17. The minimum Gasteiger partial charge on any atom is -0.351 e. The summed E-state index contributed by atoms with van der Waals surface area (Å²) >= 11 is 5.97. The Labute approximate surface area is 156 Å². The van der Waals surface area contributed by atoms with Gasteiger partial charge in [0.05, 0.1) is 0 Å². The number of fused-ring (bicyclic) bond motifs is 1. The van der Waals surface area contributed by atoms with Crippen molar-refractivity contribution in [2.75, 3.05) is 10.6 Å². The number of aromatic nitrogens is 1. The number of hydrogen-bond donors (Lipinski definition) is 3. The maximum absolute atomic E-state index is 12.4. The molecular formula is C20H20ClN3O2. The van der Waals surface area contributed by atoms with Crippen molar-refractivity contribution in [1.82, 2.24) is 4.98 Å². The zero-order valence-corrected chi connectivity index (χ0v) is 15.4. The molecule has 0 aliphatic rings. The molecule has 0 bridgehead atoms. The van der Waals surface area contributed by atoms with Crippen molar-refractivity contribution < 1.29 is 9.59 Å². The quantitative estimate of drug-likeness (QED) is 0.588. The minimum atomic E-state index is -0.242. The highest BCUT2D eigenvalue weighted by Gasteiger charge is 2.11. The summed E-state index contributed by atoms with van der Waals surface area (Å²) in [6, 6.07) is 14.2. The number of nitrogens with one attached hydrogen (secondary N) is 3. The lowest BCUT2D eigenvalue weighted by Crippen LogP contribution is -2.14. The van der Waals surface area contributed by atoms with Gasteiger partial charge >= 0.3 is 0 Å². The Balaban J connectivity index is 1.66. The maximum Gasteiger partial charge on any atom is 0.272 e. The molecular weight excluding hydrogens is 350 g/mol. The number of rotatable bonds is 5. The number of anilines is 2. The lowest BCUT2D eigenvalue weighted by Gasteiger charge is -2.08. The van der Waals surface area contributed by atoms with Crippen LogP contribution in [0.15, 0.2) is 48.5 Å². The van der Waals surface area contributed by atoms with Crippen LogP contribution in [-0.2, 0) is 4.79 Å². The van der Waals surface area contributed by atoms with E-state index in [9.17, 15) is 9.59 Å². The monoisotopic (exact) mass is 369 g/mol. The van der Waals surface area contributed by atoms with E-state index in [1.165, 1.54) is 0 Å². The zero-order valence-electron chi connectivity index (χ0n) is 14.6. The van der Waals surface area contributed by atoms with Gasteiger partial charge in [-0.15, -0.1) is 0 Å². The molecule has 134 valence electrons. The third kappa shape index (κ3) is 4.43. The predicted molar refractivity (Wildman–Crippen MR) is 106 cm³/mol. The van der Waals surface area contributed by atoms with E-state index in [0.717, 1.165) is 10.9 Å². The van der Waals surface area contributed by atoms with Crippen LogP contribution in [-0.4, -0.2) is 16.8 Å². The number of aromatic amines is 1. The number of benzene rings is 2. The van der Waals surface area contributed by atoms with Crippen molar-refractivity contribution >= 4 is 45.7 Å². The normalized spacial score (nSPS) is 10.9. The van der Waals surface area contributed by atoms with Crippen LogP contribution >= 0.6 is 11.6 Å². The predicted octanol–water partition coefficient (Wildman–Crippen LogP) is 5.06. The number of halogens is 1. The summed E-state index contributed by atoms with van der Waals surface area (Å²) in [6.45, 7) is 3.99. The summed E-state index contributed by atoms with van der Waals surface area (Å²) in [6.07, 6.45) is 0.475. The van der Waals surface area contributed by atoms with Crippen LogP contribution in [0.25, 0.3) is 10.9 Å². The molecule has 3 N–H and O–H groups in total. The van der Waals surface area contributed by atoms with Gasteiger partial charge in [0.15, 0.2) is 0 Å². The number of amides is 2. The molecule has 0 spiro atoms. The van der Waals surface area contributed by atoms with E-state index in [0.29, 0.717) is 34.4 Å². The van der Waals surface area contributed by atoms with Gasteiger partial charge in [0.2, 0.25) is 5.91 Å². The third-order valence-corrected chi connectivity index (χ3v) is 4.08. The van der Waals surface area contributed by atoms with Gasteiger partial charge in [-0.05, 0) is 54.4 Å². The Morgan fingerprint density at radius 1 is 1.00 bits per heavy atom. The molecule has 26 heavy (non-hydrogen) atoms. The second kappa shape index (κ2) is 7.62. The molecule has 0 aliphatic heterocycles. The van der Waals surface area contributed by atoms with Gasteiger partial charge in [0, 0.05) is 33.7 Å². The van der Waals surface area contributed by atoms with Crippen LogP contribution in [0.1, 0.15) is 30.8 Å². The minimum absolute atomic E-state index is 0.0199. The van der Waals surface area contributed by atoms with E-state index >= 15 is 0 Å². The molecule has 5 nitrogen and oxygen atoms in total. The summed E-state index contributed by atoms with van der Waals surface area (Å²) < 4.78 is 0. The van der Waals surface area contributed by atoms with Gasteiger partial charge < -0.3 is 15.6 Å². The molecule has 0 atom stereocenters. The summed E-state index contributed by atoms with van der Waals surface area (Å²) in [5.74, 6) is 0.0437. The molecule has 1 heterocycles. The van der Waals surface area contributed by atoms with E-state index in [4.69, 9.17) is 11.6 Å². The molecule has 0 unspecified atom stereocenters. The Morgan fingerprint density at radius 2 is 1.65 bits per heavy atom. The Hall–Kier alpha value is -2.79. The second-order valence-corrected chi connectivity index (χ2v) is 7.03. The van der Waals surface area contributed by atoms with Crippen molar-refractivity contribution in [3.8, 4) is 0 Å². The highest BCUT2D eigenvalue weighted by molar-refractivity contribution is 6.31. The first-order valence-corrected chi connectivity index (χ1v) is 8.78. The smallest absolute Gasteiger partial charge is 0.272 e. The van der Waals surface area contributed by atoms with Gasteiger partial charge in [-0.1, -0.05) is 25.4 Å². The zero-order chi connectivity index (χ0) is 18.7. The summed E-state index contributed by atoms with van der Waals surface area (Å²) in [5.41, 5.74) is 2.65. The molecule has 3 rings (SSSR count). The van der Waals surface area contributed by atoms with Gasteiger partial charge in [0.1, 0.15) is 5.69 Å². The number of carbonyl (C=O) groups is 2. The first kappa shape index (κ1) is 18.0. The van der Waals surface area contributed by atoms with Gasteiger partial charge in [-0.25, -0.2) is 0 Å². The molecule has 3 aromatic rings. The molecule has 0 fully saturated rings. The molecule has 0 saturated heterocycles. The Morgan fingerprint density at radius 3 is 2.31 bits per heavy atom. The molecule has 6 heteroatoms.